The van der Waals surface area contributed by atoms with E-state index < -0.39 is 5.91 Å². The zero-order valence-corrected chi connectivity index (χ0v) is 14.7. The van der Waals surface area contributed by atoms with E-state index in [9.17, 15) is 14.4 Å². The highest BCUT2D eigenvalue weighted by Crippen LogP contribution is 2.15. The van der Waals surface area contributed by atoms with Crippen LogP contribution in [0.2, 0.25) is 0 Å². The average Bonchev–Trinajstić information content (AvgIpc) is 3.33. The lowest BCUT2D eigenvalue weighted by atomic mass is 10.1. The first-order valence-corrected chi connectivity index (χ1v) is 9.23. The Balaban J connectivity index is 1.56. The highest BCUT2D eigenvalue weighted by atomic mass is 32.1. The Bertz CT molecular complexity index is 823. The molecule has 2 aromatic heterocycles. The van der Waals surface area contributed by atoms with Crippen molar-refractivity contribution in [2.75, 3.05) is 6.54 Å². The summed E-state index contributed by atoms with van der Waals surface area (Å²) < 4.78 is 0. The number of carbonyl (C=O) groups is 3. The van der Waals surface area contributed by atoms with Gasteiger partial charge in [0.15, 0.2) is 5.78 Å². The van der Waals surface area contributed by atoms with Crippen molar-refractivity contribution in [2.45, 2.75) is 6.42 Å². The van der Waals surface area contributed by atoms with Crippen molar-refractivity contribution in [3.63, 3.8) is 0 Å². The van der Waals surface area contributed by atoms with E-state index >= 15 is 0 Å². The molecule has 1 aliphatic rings. The lowest BCUT2D eigenvalue weighted by molar-refractivity contribution is -0.118. The molecule has 6 nitrogen and oxygen atoms in total. The quantitative estimate of drug-likeness (QED) is 0.624. The Labute approximate surface area is 152 Å². The summed E-state index contributed by atoms with van der Waals surface area (Å²) in [4.78, 5) is 39.0. The molecule has 3 heterocycles. The molecule has 0 spiro atoms. The monoisotopic (exact) mass is 373 g/mol. The maximum atomic E-state index is 12.2. The molecule has 1 aliphatic heterocycles. The van der Waals surface area contributed by atoms with Crippen molar-refractivity contribution >= 4 is 40.3 Å². The van der Waals surface area contributed by atoms with Crippen LogP contribution in [0.4, 0.5) is 0 Å². The van der Waals surface area contributed by atoms with Crippen LogP contribution in [-0.4, -0.2) is 29.0 Å². The minimum Gasteiger partial charge on any atom is -0.346 e. The van der Waals surface area contributed by atoms with Gasteiger partial charge >= 0.3 is 0 Å². The second-order valence-corrected chi connectivity index (χ2v) is 7.10. The molecule has 0 aliphatic carbocycles. The molecule has 0 bridgehead atoms. The van der Waals surface area contributed by atoms with Crippen molar-refractivity contribution in [1.82, 2.24) is 15.8 Å². The first-order chi connectivity index (χ1) is 12.1. The van der Waals surface area contributed by atoms with Crippen LogP contribution in [0.1, 0.15) is 25.8 Å². The minimum absolute atomic E-state index is 0.0106. The van der Waals surface area contributed by atoms with Crippen LogP contribution in [0.15, 0.2) is 59.1 Å². The first-order valence-electron chi connectivity index (χ1n) is 7.47. The standard InChI is InChI=1S/C17H15N3O3S2/c21-13(14-5-2-8-24-14)11-20-7-1-4-12(10-20)16(22)18-19-17(23)15-6-3-9-25-15/h1-3,5-10H,4,11H2,(H,18,22)(H,19,23). The Morgan fingerprint density at radius 2 is 1.68 bits per heavy atom. The zero-order chi connectivity index (χ0) is 17.6. The lowest BCUT2D eigenvalue weighted by Gasteiger charge is -2.20. The van der Waals surface area contributed by atoms with Crippen LogP contribution in [0.3, 0.4) is 0 Å². The van der Waals surface area contributed by atoms with Crippen molar-refractivity contribution < 1.29 is 14.4 Å². The molecule has 0 saturated carbocycles. The number of hydrogen-bond donors (Lipinski definition) is 2. The summed E-state index contributed by atoms with van der Waals surface area (Å²) in [7, 11) is 0. The molecule has 2 aromatic rings. The summed E-state index contributed by atoms with van der Waals surface area (Å²) in [6, 6.07) is 7.04. The Kier molecular flexibility index (Phi) is 5.42. The number of carbonyl (C=O) groups excluding carboxylic acids is 3. The molecule has 0 atom stereocenters. The van der Waals surface area contributed by atoms with E-state index in [1.807, 2.05) is 11.4 Å². The number of thiophene rings is 2. The summed E-state index contributed by atoms with van der Waals surface area (Å²) >= 11 is 2.68. The summed E-state index contributed by atoms with van der Waals surface area (Å²) in [6.45, 7) is 0.162. The van der Waals surface area contributed by atoms with Gasteiger partial charge in [-0.1, -0.05) is 18.2 Å². The SMILES string of the molecule is O=C(NNC(=O)c1cccs1)C1=CN(CC(=O)c2cccs2)C=CC1. The van der Waals surface area contributed by atoms with Gasteiger partial charge < -0.3 is 4.90 Å². The van der Waals surface area contributed by atoms with E-state index in [1.54, 1.807) is 47.0 Å². The third-order valence-corrected chi connectivity index (χ3v) is 5.18. The topological polar surface area (TPSA) is 78.5 Å². The number of hydrazine groups is 1. The molecule has 0 saturated heterocycles. The van der Waals surface area contributed by atoms with Crippen LogP contribution >= 0.6 is 22.7 Å². The van der Waals surface area contributed by atoms with Gasteiger partial charge in [-0.15, -0.1) is 22.7 Å². The molecule has 0 aromatic carbocycles. The molecule has 0 fully saturated rings. The van der Waals surface area contributed by atoms with Crippen molar-refractivity contribution in [3.05, 3.63) is 68.8 Å². The number of rotatable bonds is 5. The van der Waals surface area contributed by atoms with Gasteiger partial charge in [-0.05, 0) is 29.3 Å². The molecule has 0 radical (unpaired) electrons. The van der Waals surface area contributed by atoms with Crippen molar-refractivity contribution in [1.29, 1.82) is 0 Å². The number of Topliss-reactive ketones (excluding diaryl/α,β-unsaturated/α-hetero) is 1. The molecule has 8 heteroatoms. The minimum atomic E-state index is -0.400. The summed E-state index contributed by atoms with van der Waals surface area (Å²) in [6.07, 6.45) is 5.63. The molecular formula is C17H15N3O3S2. The van der Waals surface area contributed by atoms with Gasteiger partial charge in [0, 0.05) is 18.0 Å². The van der Waals surface area contributed by atoms with E-state index in [2.05, 4.69) is 10.9 Å². The van der Waals surface area contributed by atoms with Crippen molar-refractivity contribution in [3.8, 4) is 0 Å². The maximum Gasteiger partial charge on any atom is 0.279 e. The van der Waals surface area contributed by atoms with Crippen molar-refractivity contribution in [2.24, 2.45) is 0 Å². The number of nitrogens with zero attached hydrogens (tertiary/aromatic N) is 1. The van der Waals surface area contributed by atoms with Crippen LogP contribution in [0.25, 0.3) is 0 Å². The predicted octanol–water partition coefficient (Wildman–Crippen LogP) is 2.56. The van der Waals surface area contributed by atoms with Crippen LogP contribution < -0.4 is 10.9 Å². The van der Waals surface area contributed by atoms with Gasteiger partial charge in [0.25, 0.3) is 11.8 Å². The molecule has 0 unspecified atom stereocenters. The van der Waals surface area contributed by atoms with E-state index in [0.29, 0.717) is 21.7 Å². The summed E-state index contributed by atoms with van der Waals surface area (Å²) in [5.74, 6) is -0.772. The fourth-order valence-corrected chi connectivity index (χ4v) is 3.48. The average molecular weight is 373 g/mol. The summed E-state index contributed by atoms with van der Waals surface area (Å²) in [5, 5.41) is 3.64. The fraction of sp³-hybridized carbons (Fsp3) is 0.118. The molecule has 2 N–H and O–H groups in total. The predicted molar refractivity (Wildman–Crippen MR) is 97.1 cm³/mol. The lowest BCUT2D eigenvalue weighted by Crippen LogP contribution is -2.42. The second-order valence-electron chi connectivity index (χ2n) is 5.20. The highest BCUT2D eigenvalue weighted by Gasteiger charge is 2.17. The smallest absolute Gasteiger partial charge is 0.279 e. The van der Waals surface area contributed by atoms with Gasteiger partial charge in [0.1, 0.15) is 0 Å². The molecule has 3 rings (SSSR count). The number of ketones is 1. The number of hydrogen-bond acceptors (Lipinski definition) is 6. The van der Waals surface area contributed by atoms with E-state index in [0.717, 1.165) is 0 Å². The number of nitrogens with one attached hydrogen (secondary N) is 2. The first kappa shape index (κ1) is 17.1. The van der Waals surface area contributed by atoms with Gasteiger partial charge in [-0.25, -0.2) is 0 Å². The van der Waals surface area contributed by atoms with E-state index in [-0.39, 0.29) is 18.2 Å². The Morgan fingerprint density at radius 1 is 1.00 bits per heavy atom. The van der Waals surface area contributed by atoms with Crippen LogP contribution in [0.5, 0.6) is 0 Å². The summed E-state index contributed by atoms with van der Waals surface area (Å²) in [5.41, 5.74) is 5.25. The molecule has 2 amide bonds. The van der Waals surface area contributed by atoms with Crippen LogP contribution in [-0.2, 0) is 4.79 Å². The highest BCUT2D eigenvalue weighted by molar-refractivity contribution is 7.12. The van der Waals surface area contributed by atoms with E-state index in [1.165, 1.54) is 22.7 Å². The number of amides is 2. The van der Waals surface area contributed by atoms with Crippen LogP contribution in [0, 0.1) is 0 Å². The van der Waals surface area contributed by atoms with Gasteiger partial charge in [-0.2, -0.15) is 0 Å². The van der Waals surface area contributed by atoms with E-state index in [4.69, 9.17) is 0 Å². The number of allylic oxidation sites excluding steroid dienone is 1. The second kappa shape index (κ2) is 7.91. The van der Waals surface area contributed by atoms with Gasteiger partial charge in [0.2, 0.25) is 0 Å². The third kappa shape index (κ3) is 4.43. The Hall–Kier alpha value is -2.71. The maximum absolute atomic E-state index is 12.2. The Morgan fingerprint density at radius 3 is 2.36 bits per heavy atom. The molecule has 128 valence electrons. The largest absolute Gasteiger partial charge is 0.346 e. The van der Waals surface area contributed by atoms with Gasteiger partial charge in [-0.3, -0.25) is 25.2 Å². The molecular weight excluding hydrogens is 358 g/mol. The van der Waals surface area contributed by atoms with Gasteiger partial charge in [0.05, 0.1) is 16.3 Å². The fourth-order valence-electron chi connectivity index (χ4n) is 2.20. The normalized spacial score (nSPS) is 13.3. The third-order valence-electron chi connectivity index (χ3n) is 3.40. The zero-order valence-electron chi connectivity index (χ0n) is 13.1. The molecule has 25 heavy (non-hydrogen) atoms.